The average Bonchev–Trinajstić information content (AvgIpc) is 2.57. The number of aliphatic hydroxyl groups excluding tert-OH is 4. The number of aliphatic hydroxyl groups is 4. The summed E-state index contributed by atoms with van der Waals surface area (Å²) < 4.78 is 0. The Hall–Kier alpha value is 0.310. The molecular formula is C18H37NaO6. The van der Waals surface area contributed by atoms with Crippen LogP contribution in [0.2, 0.25) is 0 Å². The van der Waals surface area contributed by atoms with Crippen molar-refractivity contribution in [3.8, 4) is 0 Å². The third-order valence-corrected chi connectivity index (χ3v) is 4.38. The van der Waals surface area contributed by atoms with Crippen molar-refractivity contribution < 1.29 is 30.3 Å². The second-order valence-corrected chi connectivity index (χ2v) is 6.60. The summed E-state index contributed by atoms with van der Waals surface area (Å²) in [5.41, 5.74) is 0. The molecule has 0 saturated heterocycles. The zero-order chi connectivity index (χ0) is 18.2. The summed E-state index contributed by atoms with van der Waals surface area (Å²) >= 11 is 0. The third kappa shape index (κ3) is 16.2. The van der Waals surface area contributed by atoms with Crippen LogP contribution >= 0.6 is 0 Å². The zero-order valence-corrected chi connectivity index (χ0v) is 14.8. The molecule has 0 aliphatic rings. The number of hydrogen-bond donors (Lipinski definition) is 5. The molecule has 0 aliphatic heterocycles. The Morgan fingerprint density at radius 3 is 1.40 bits per heavy atom. The van der Waals surface area contributed by atoms with Gasteiger partial charge >= 0.3 is 35.5 Å². The Kier molecular flexibility index (Phi) is 21.0. The molecule has 6 nitrogen and oxygen atoms in total. The van der Waals surface area contributed by atoms with Gasteiger partial charge in [-0.15, -0.1) is 0 Å². The summed E-state index contributed by atoms with van der Waals surface area (Å²) in [4.78, 5) is 10.5. The van der Waals surface area contributed by atoms with Crippen molar-refractivity contribution >= 4 is 35.5 Å². The Bertz CT molecular complexity index is 303. The number of unbranched alkanes of at least 4 members (excludes halogenated alkanes) is 11. The topological polar surface area (TPSA) is 118 Å². The van der Waals surface area contributed by atoms with E-state index in [0.717, 1.165) is 38.5 Å². The maximum atomic E-state index is 10.5. The molecule has 0 aromatic carbocycles. The number of carboxylic acids is 1. The molecule has 0 amide bonds. The molecule has 0 heterocycles. The molecular weight excluding hydrogens is 335 g/mol. The summed E-state index contributed by atoms with van der Waals surface area (Å²) in [6, 6.07) is 0. The quantitative estimate of drug-likeness (QED) is 0.195. The molecule has 0 aliphatic carbocycles. The fourth-order valence-corrected chi connectivity index (χ4v) is 2.76. The van der Waals surface area contributed by atoms with Crippen LogP contribution < -0.4 is 0 Å². The van der Waals surface area contributed by atoms with Crippen molar-refractivity contribution in [1.29, 1.82) is 0 Å². The SMILES string of the molecule is O=C(O)C(O)C(O)C(O)CCCCCCCCCCCCCCO.[NaH]. The third-order valence-electron chi connectivity index (χ3n) is 4.38. The van der Waals surface area contributed by atoms with E-state index in [9.17, 15) is 15.0 Å². The summed E-state index contributed by atoms with van der Waals surface area (Å²) in [6.45, 7) is 0.302. The summed E-state index contributed by atoms with van der Waals surface area (Å²) in [7, 11) is 0. The van der Waals surface area contributed by atoms with Crippen LogP contribution in [-0.2, 0) is 4.79 Å². The first kappa shape index (κ1) is 27.5. The first-order valence-corrected chi connectivity index (χ1v) is 9.38. The molecule has 7 heteroatoms. The van der Waals surface area contributed by atoms with Crippen LogP contribution in [-0.4, -0.2) is 86.0 Å². The molecule has 5 N–H and O–H groups in total. The van der Waals surface area contributed by atoms with Crippen molar-refractivity contribution in [3.05, 3.63) is 0 Å². The van der Waals surface area contributed by atoms with Gasteiger partial charge in [0.2, 0.25) is 0 Å². The van der Waals surface area contributed by atoms with Gasteiger partial charge < -0.3 is 25.5 Å². The van der Waals surface area contributed by atoms with Crippen LogP contribution in [0, 0.1) is 0 Å². The van der Waals surface area contributed by atoms with Crippen LogP contribution in [0.1, 0.15) is 83.5 Å². The first-order chi connectivity index (χ1) is 11.5. The molecule has 3 unspecified atom stereocenters. The van der Waals surface area contributed by atoms with Crippen LogP contribution in [0.3, 0.4) is 0 Å². The Labute approximate surface area is 173 Å². The molecule has 0 aromatic heterocycles. The van der Waals surface area contributed by atoms with E-state index in [1.54, 1.807) is 0 Å². The second kappa shape index (κ2) is 19.1. The number of carbonyl (C=O) groups is 1. The number of rotatable bonds is 17. The van der Waals surface area contributed by atoms with Crippen molar-refractivity contribution in [1.82, 2.24) is 0 Å². The van der Waals surface area contributed by atoms with Crippen molar-refractivity contribution in [2.24, 2.45) is 0 Å². The molecule has 0 rings (SSSR count). The van der Waals surface area contributed by atoms with Gasteiger partial charge in [-0.2, -0.15) is 0 Å². The van der Waals surface area contributed by atoms with Gasteiger partial charge in [-0.25, -0.2) is 4.79 Å². The van der Waals surface area contributed by atoms with Gasteiger partial charge in [-0.05, 0) is 12.8 Å². The van der Waals surface area contributed by atoms with Gasteiger partial charge in [-0.1, -0.05) is 70.6 Å². The number of aliphatic carboxylic acids is 1. The van der Waals surface area contributed by atoms with Gasteiger partial charge in [-0.3, -0.25) is 0 Å². The second-order valence-electron chi connectivity index (χ2n) is 6.60. The van der Waals surface area contributed by atoms with E-state index < -0.39 is 24.3 Å². The van der Waals surface area contributed by atoms with Gasteiger partial charge in [0.05, 0.1) is 6.10 Å². The van der Waals surface area contributed by atoms with Crippen LogP contribution in [0.5, 0.6) is 0 Å². The van der Waals surface area contributed by atoms with E-state index in [0.29, 0.717) is 13.0 Å². The van der Waals surface area contributed by atoms with Gasteiger partial charge in [0.25, 0.3) is 0 Å². The fraction of sp³-hybridized carbons (Fsp3) is 0.944. The minimum absolute atomic E-state index is 0. The molecule has 3 atom stereocenters. The normalized spacial score (nSPS) is 14.6. The molecule has 0 radical (unpaired) electrons. The average molecular weight is 372 g/mol. The zero-order valence-electron chi connectivity index (χ0n) is 14.8. The van der Waals surface area contributed by atoms with Crippen LogP contribution in [0.25, 0.3) is 0 Å². The van der Waals surface area contributed by atoms with Crippen molar-refractivity contribution in [3.63, 3.8) is 0 Å². The Balaban J connectivity index is 0. The van der Waals surface area contributed by atoms with Crippen LogP contribution in [0.15, 0.2) is 0 Å². The van der Waals surface area contributed by atoms with E-state index in [1.165, 1.54) is 38.5 Å². The van der Waals surface area contributed by atoms with Crippen molar-refractivity contribution in [2.45, 2.75) is 102 Å². The predicted octanol–water partition coefficient (Wildman–Crippen LogP) is 1.57. The predicted molar refractivity (Wildman–Crippen MR) is 99.9 cm³/mol. The molecule has 0 aromatic rings. The molecule has 0 saturated carbocycles. The summed E-state index contributed by atoms with van der Waals surface area (Å²) in [5.74, 6) is -1.52. The van der Waals surface area contributed by atoms with Crippen molar-refractivity contribution in [2.75, 3.05) is 6.61 Å². The standard InChI is InChI=1S/C18H36O6.Na.H/c19-14-12-10-8-6-4-2-1-3-5-7-9-11-13-15(20)16(21)17(22)18(23)24;;/h15-17,19-22H,1-14H2,(H,23,24);;. The van der Waals surface area contributed by atoms with E-state index in [2.05, 4.69) is 0 Å². The monoisotopic (exact) mass is 372 g/mol. The maximum absolute atomic E-state index is 10.5. The molecule has 0 bridgehead atoms. The van der Waals surface area contributed by atoms with E-state index >= 15 is 0 Å². The number of carboxylic acid groups (broad SMARTS) is 1. The van der Waals surface area contributed by atoms with E-state index in [4.69, 9.17) is 15.3 Å². The van der Waals surface area contributed by atoms with Crippen LogP contribution in [0.4, 0.5) is 0 Å². The number of hydrogen-bond acceptors (Lipinski definition) is 5. The summed E-state index contributed by atoms with van der Waals surface area (Å²) in [6.07, 6.45) is 8.93. The molecule has 0 fully saturated rings. The summed E-state index contributed by atoms with van der Waals surface area (Å²) in [5, 5.41) is 45.5. The molecule has 146 valence electrons. The van der Waals surface area contributed by atoms with Gasteiger partial charge in [0.15, 0.2) is 6.10 Å². The Morgan fingerprint density at radius 1 is 0.680 bits per heavy atom. The molecule has 0 spiro atoms. The fourth-order valence-electron chi connectivity index (χ4n) is 2.76. The van der Waals surface area contributed by atoms with E-state index in [1.807, 2.05) is 0 Å². The van der Waals surface area contributed by atoms with E-state index in [-0.39, 0.29) is 29.6 Å². The van der Waals surface area contributed by atoms with Gasteiger partial charge in [0.1, 0.15) is 6.10 Å². The van der Waals surface area contributed by atoms with Gasteiger partial charge in [0, 0.05) is 6.61 Å². The molecule has 25 heavy (non-hydrogen) atoms. The minimum atomic E-state index is -1.93. The Morgan fingerprint density at radius 2 is 1.04 bits per heavy atom. The first-order valence-electron chi connectivity index (χ1n) is 9.38.